The molecular weight excluding hydrogens is 365 g/mol. The van der Waals surface area contributed by atoms with Crippen molar-refractivity contribution in [3.05, 3.63) is 59.7 Å². The van der Waals surface area contributed by atoms with Gasteiger partial charge < -0.3 is 9.64 Å². The molecular formula is C19H22BNO5S. The smallest absolute Gasteiger partial charge is 0.264 e. The summed E-state index contributed by atoms with van der Waals surface area (Å²) >= 11 is 0. The summed E-state index contributed by atoms with van der Waals surface area (Å²) in [5.74, 6) is 0.629. The van der Waals surface area contributed by atoms with Gasteiger partial charge in [0.15, 0.2) is 5.81 Å². The van der Waals surface area contributed by atoms with E-state index in [-0.39, 0.29) is 19.0 Å². The van der Waals surface area contributed by atoms with Gasteiger partial charge in [-0.25, -0.2) is 0 Å². The zero-order valence-electron chi connectivity index (χ0n) is 15.6. The van der Waals surface area contributed by atoms with Crippen molar-refractivity contribution in [3.63, 3.8) is 0 Å². The summed E-state index contributed by atoms with van der Waals surface area (Å²) in [5, 5.41) is 0. The van der Waals surface area contributed by atoms with Crippen molar-refractivity contribution in [2.75, 3.05) is 31.4 Å². The first-order valence-corrected chi connectivity index (χ1v) is 10.2. The number of nitrogens with zero attached hydrogens (tertiary/aromatic N) is 1. The predicted octanol–water partition coefficient (Wildman–Crippen LogP) is 2.40. The van der Waals surface area contributed by atoms with E-state index in [2.05, 4.69) is 4.18 Å². The largest absolute Gasteiger partial charge is 0.491 e. The van der Waals surface area contributed by atoms with Gasteiger partial charge in [0.25, 0.3) is 10.1 Å². The van der Waals surface area contributed by atoms with Gasteiger partial charge in [0.05, 0.1) is 6.26 Å². The summed E-state index contributed by atoms with van der Waals surface area (Å²) in [6, 6.07) is 15.1. The molecule has 2 rings (SSSR count). The van der Waals surface area contributed by atoms with Gasteiger partial charge in [-0.3, -0.25) is 8.98 Å². The average molecular weight is 387 g/mol. The molecule has 0 saturated heterocycles. The number of rotatable bonds is 8. The van der Waals surface area contributed by atoms with E-state index in [9.17, 15) is 13.2 Å². The third-order valence-corrected chi connectivity index (χ3v) is 4.35. The lowest BCUT2D eigenvalue weighted by Gasteiger charge is -2.15. The lowest BCUT2D eigenvalue weighted by atomic mass is 10.1. The second kappa shape index (κ2) is 9.39. The topological polar surface area (TPSA) is 72.9 Å². The molecule has 0 bridgehead atoms. The van der Waals surface area contributed by atoms with Crippen molar-refractivity contribution in [2.24, 2.45) is 0 Å². The molecule has 27 heavy (non-hydrogen) atoms. The number of carbonyl (C=O) groups is 1. The molecule has 0 aromatic heterocycles. The maximum absolute atomic E-state index is 11.4. The van der Waals surface area contributed by atoms with Gasteiger partial charge in [-0.1, -0.05) is 36.4 Å². The zero-order chi connectivity index (χ0) is 19.9. The fourth-order valence-corrected chi connectivity index (χ4v) is 2.57. The molecule has 2 aromatic carbocycles. The molecule has 0 spiro atoms. The predicted molar refractivity (Wildman–Crippen MR) is 110 cm³/mol. The van der Waals surface area contributed by atoms with Crippen molar-refractivity contribution < 1.29 is 22.1 Å². The van der Waals surface area contributed by atoms with Gasteiger partial charge in [0, 0.05) is 12.7 Å². The molecule has 0 atom stereocenters. The highest BCUT2D eigenvalue weighted by Crippen LogP contribution is 2.17. The van der Waals surface area contributed by atoms with Crippen LogP contribution in [0.1, 0.15) is 11.1 Å². The van der Waals surface area contributed by atoms with E-state index in [4.69, 9.17) is 4.74 Å². The van der Waals surface area contributed by atoms with Crippen LogP contribution in [0.15, 0.2) is 48.5 Å². The van der Waals surface area contributed by atoms with Crippen molar-refractivity contribution in [1.82, 2.24) is 0 Å². The second-order valence-electron chi connectivity index (χ2n) is 5.95. The second-order valence-corrected chi connectivity index (χ2v) is 7.59. The van der Waals surface area contributed by atoms with Gasteiger partial charge in [-0.15, -0.1) is 0 Å². The van der Waals surface area contributed by atoms with E-state index in [1.165, 1.54) is 7.85 Å². The fourth-order valence-electron chi connectivity index (χ4n) is 2.20. The molecule has 0 radical (unpaired) electrons. The minimum absolute atomic E-state index is 0.0107. The summed E-state index contributed by atoms with van der Waals surface area (Å²) in [7, 11) is -0.171. The molecule has 0 fully saturated rings. The van der Waals surface area contributed by atoms with Crippen LogP contribution >= 0.6 is 0 Å². The number of ether oxygens (including phenoxy) is 1. The van der Waals surface area contributed by atoms with Gasteiger partial charge >= 0.3 is 0 Å². The maximum atomic E-state index is 11.4. The molecule has 0 saturated carbocycles. The first-order valence-electron chi connectivity index (χ1n) is 8.34. The van der Waals surface area contributed by atoms with Crippen molar-refractivity contribution >= 4 is 41.6 Å². The Labute approximate surface area is 160 Å². The number of benzene rings is 2. The van der Waals surface area contributed by atoms with Crippen LogP contribution in [0.3, 0.4) is 0 Å². The Kier molecular flexibility index (Phi) is 7.21. The Morgan fingerprint density at radius 3 is 2.00 bits per heavy atom. The minimum Gasteiger partial charge on any atom is -0.491 e. The molecule has 0 heterocycles. The summed E-state index contributed by atoms with van der Waals surface area (Å²) in [6.07, 6.45) is 4.96. The highest BCUT2D eigenvalue weighted by molar-refractivity contribution is 7.85. The van der Waals surface area contributed by atoms with Crippen molar-refractivity contribution in [3.8, 4) is 5.75 Å². The Bertz CT molecular complexity index is 893. The maximum Gasteiger partial charge on any atom is 0.264 e. The molecule has 6 nitrogen and oxygen atoms in total. The Morgan fingerprint density at radius 1 is 1.00 bits per heavy atom. The highest BCUT2D eigenvalue weighted by atomic mass is 32.2. The van der Waals surface area contributed by atoms with Gasteiger partial charge in [0.2, 0.25) is 7.85 Å². The third-order valence-electron chi connectivity index (χ3n) is 3.75. The monoisotopic (exact) mass is 387 g/mol. The van der Waals surface area contributed by atoms with Gasteiger partial charge in [-0.2, -0.15) is 8.42 Å². The first kappa shape index (κ1) is 20.7. The van der Waals surface area contributed by atoms with E-state index in [0.29, 0.717) is 5.75 Å². The minimum atomic E-state index is -3.44. The molecule has 0 aliphatic heterocycles. The van der Waals surface area contributed by atoms with Crippen LogP contribution in [0.2, 0.25) is 0 Å². The number of carbonyl (C=O) groups excluding carboxylic acids is 1. The first-order chi connectivity index (χ1) is 12.7. The standard InChI is InChI=1S/C19H22BNO5S/c1-21(19(20)22)17-9-5-15(6-10-17)3-4-16-7-11-18(12-8-16)25-13-14-26-27(2,23)24/h3-12H,13-14,20H2,1-2H3/b4-3+. The fraction of sp³-hybridized carbons (Fsp3) is 0.211. The summed E-state index contributed by atoms with van der Waals surface area (Å²) in [4.78, 5) is 13.0. The number of hydrogen-bond donors (Lipinski definition) is 0. The Morgan fingerprint density at radius 2 is 1.52 bits per heavy atom. The Hall–Kier alpha value is -2.58. The number of amides is 1. The van der Waals surface area contributed by atoms with Crippen LogP contribution in [-0.4, -0.2) is 48.6 Å². The molecule has 0 unspecified atom stereocenters. The molecule has 142 valence electrons. The molecule has 0 aliphatic carbocycles. The summed E-state index contributed by atoms with van der Waals surface area (Å²) < 4.78 is 31.8. The zero-order valence-corrected chi connectivity index (χ0v) is 16.4. The molecule has 2 aromatic rings. The Balaban J connectivity index is 1.89. The van der Waals surface area contributed by atoms with E-state index in [1.807, 2.05) is 60.7 Å². The van der Waals surface area contributed by atoms with Crippen molar-refractivity contribution in [1.29, 1.82) is 0 Å². The van der Waals surface area contributed by atoms with E-state index >= 15 is 0 Å². The lowest BCUT2D eigenvalue weighted by molar-refractivity contribution is 0.222. The lowest BCUT2D eigenvalue weighted by Crippen LogP contribution is -2.24. The van der Waals surface area contributed by atoms with Crippen LogP contribution in [0.25, 0.3) is 12.2 Å². The number of hydrogen-bond acceptors (Lipinski definition) is 5. The van der Waals surface area contributed by atoms with Gasteiger partial charge in [-0.05, 0) is 35.4 Å². The SMILES string of the molecule is BC(=O)N(C)c1ccc(/C=C/c2ccc(OCCOS(C)(=O)=O)cc2)cc1. The quantitative estimate of drug-likeness (QED) is 0.301. The van der Waals surface area contributed by atoms with Crippen molar-refractivity contribution in [2.45, 2.75) is 0 Å². The van der Waals surface area contributed by atoms with Crippen LogP contribution in [0.5, 0.6) is 5.75 Å². The third kappa shape index (κ3) is 7.28. The summed E-state index contributed by atoms with van der Waals surface area (Å²) in [5.41, 5.74) is 2.87. The molecule has 0 aliphatic rings. The molecule has 0 N–H and O–H groups in total. The van der Waals surface area contributed by atoms with E-state index < -0.39 is 10.1 Å². The normalized spacial score (nSPS) is 11.5. The van der Waals surface area contributed by atoms with Crippen LogP contribution in [0.4, 0.5) is 10.5 Å². The van der Waals surface area contributed by atoms with Gasteiger partial charge in [0.1, 0.15) is 19.0 Å². The van der Waals surface area contributed by atoms with Crippen LogP contribution < -0.4 is 9.64 Å². The highest BCUT2D eigenvalue weighted by Gasteiger charge is 2.04. The van der Waals surface area contributed by atoms with Crippen LogP contribution in [0, 0.1) is 0 Å². The molecule has 1 amide bonds. The molecule has 8 heteroatoms. The van der Waals surface area contributed by atoms with E-state index in [1.54, 1.807) is 11.9 Å². The number of anilines is 1. The van der Waals surface area contributed by atoms with E-state index in [0.717, 1.165) is 23.1 Å². The summed E-state index contributed by atoms with van der Waals surface area (Å²) in [6.45, 7) is 0.138. The average Bonchev–Trinajstić information content (AvgIpc) is 2.63. The van der Waals surface area contributed by atoms with Crippen LogP contribution in [-0.2, 0) is 14.3 Å².